The number of imidazole rings is 1. The molecule has 47 heavy (non-hydrogen) atoms. The van der Waals surface area contributed by atoms with Crippen LogP contribution in [0.5, 0.6) is 0 Å². The minimum absolute atomic E-state index is 0.230. The number of nitrogens with zero attached hydrogens (tertiary/aromatic N) is 5. The molecule has 0 spiro atoms. The van der Waals surface area contributed by atoms with Crippen molar-refractivity contribution in [3.05, 3.63) is 109 Å². The van der Waals surface area contributed by atoms with Crippen LogP contribution in [0.2, 0.25) is 0 Å². The SMILES string of the molecule is CN(C)CCNc1cc(F)cc(-c2nccc3[nH]c(-c4n[nH]c5ccc(-c6cncc(NC(=O)c7ccccc7)c6)c(F)c45)nc23)c1. The molecule has 12 heteroatoms. The number of fused-ring (bicyclic) bond motifs is 2. The Hall–Kier alpha value is -6.01. The van der Waals surface area contributed by atoms with Crippen molar-refractivity contribution in [2.45, 2.75) is 0 Å². The predicted molar refractivity (Wildman–Crippen MR) is 179 cm³/mol. The molecule has 0 atom stereocenters. The normalized spacial score (nSPS) is 11.4. The maximum absolute atomic E-state index is 16.4. The van der Waals surface area contributed by atoms with E-state index in [1.54, 1.807) is 54.7 Å². The van der Waals surface area contributed by atoms with Gasteiger partial charge in [-0.1, -0.05) is 18.2 Å². The molecule has 0 saturated heterocycles. The second-order valence-electron chi connectivity index (χ2n) is 11.3. The van der Waals surface area contributed by atoms with Gasteiger partial charge >= 0.3 is 0 Å². The van der Waals surface area contributed by atoms with Crippen molar-refractivity contribution in [3.8, 4) is 33.9 Å². The van der Waals surface area contributed by atoms with Crippen LogP contribution in [-0.4, -0.2) is 68.1 Å². The lowest BCUT2D eigenvalue weighted by atomic mass is 10.0. The first-order chi connectivity index (χ1) is 22.8. The number of halogens is 2. The fourth-order valence-electron chi connectivity index (χ4n) is 5.43. The number of hydrogen-bond acceptors (Lipinski definition) is 7. The van der Waals surface area contributed by atoms with Gasteiger partial charge in [-0.05, 0) is 68.7 Å². The van der Waals surface area contributed by atoms with Crippen LogP contribution < -0.4 is 10.6 Å². The number of likely N-dealkylation sites (N-methyl/N-ethyl adjacent to an activating group) is 1. The molecular formula is C35H29F2N9O. The van der Waals surface area contributed by atoms with Crippen LogP contribution >= 0.6 is 0 Å². The molecule has 0 radical (unpaired) electrons. The molecule has 1 amide bonds. The Labute approximate surface area is 267 Å². The molecule has 0 unspecified atom stereocenters. The summed E-state index contributed by atoms with van der Waals surface area (Å²) < 4.78 is 31.1. The Morgan fingerprint density at radius 2 is 1.72 bits per heavy atom. The topological polar surface area (TPSA) is 128 Å². The number of benzene rings is 3. The van der Waals surface area contributed by atoms with Crippen LogP contribution in [0, 0.1) is 11.6 Å². The van der Waals surface area contributed by atoms with Gasteiger partial charge in [0.1, 0.15) is 22.8 Å². The summed E-state index contributed by atoms with van der Waals surface area (Å²) in [7, 11) is 3.94. The van der Waals surface area contributed by atoms with Crippen molar-refractivity contribution in [3.63, 3.8) is 0 Å². The number of nitrogens with one attached hydrogen (secondary N) is 4. The van der Waals surface area contributed by atoms with Gasteiger partial charge in [-0.15, -0.1) is 0 Å². The summed E-state index contributed by atoms with van der Waals surface area (Å²) >= 11 is 0. The minimum Gasteiger partial charge on any atom is -0.384 e. The molecule has 0 bridgehead atoms. The third-order valence-electron chi connectivity index (χ3n) is 7.69. The summed E-state index contributed by atoms with van der Waals surface area (Å²) in [6.07, 6.45) is 4.65. The highest BCUT2D eigenvalue weighted by Gasteiger charge is 2.21. The van der Waals surface area contributed by atoms with E-state index in [0.29, 0.717) is 62.7 Å². The second kappa shape index (κ2) is 12.4. The van der Waals surface area contributed by atoms with E-state index in [-0.39, 0.29) is 22.6 Å². The van der Waals surface area contributed by atoms with Crippen molar-refractivity contribution in [2.75, 3.05) is 37.8 Å². The number of carbonyl (C=O) groups is 1. The van der Waals surface area contributed by atoms with E-state index in [1.165, 1.54) is 24.5 Å². The standard InChI is InChI=1S/C35H29F2N9O/c1-46(2)13-12-39-24-15-21(14-23(36)17-24)31-32-28(10-11-40-31)42-34(43-32)33-29-27(44-45-33)9-8-26(30(29)37)22-16-25(19-38-18-22)41-35(47)20-6-4-3-5-7-20/h3-11,14-19,39H,12-13H2,1-2H3,(H,41,47)(H,42,43)(H,44,45). The molecule has 7 aromatic rings. The smallest absolute Gasteiger partial charge is 0.255 e. The monoisotopic (exact) mass is 629 g/mol. The van der Waals surface area contributed by atoms with Gasteiger partial charge in [-0.25, -0.2) is 13.8 Å². The molecule has 0 aliphatic carbocycles. The largest absolute Gasteiger partial charge is 0.384 e. The highest BCUT2D eigenvalue weighted by molar-refractivity contribution is 6.04. The average Bonchev–Trinajstić information content (AvgIpc) is 3.70. The number of hydrogen-bond donors (Lipinski definition) is 4. The van der Waals surface area contributed by atoms with Crippen LogP contribution in [-0.2, 0) is 0 Å². The fourth-order valence-corrected chi connectivity index (χ4v) is 5.43. The first kappa shape index (κ1) is 29.7. The maximum atomic E-state index is 16.4. The van der Waals surface area contributed by atoms with E-state index in [4.69, 9.17) is 4.98 Å². The van der Waals surface area contributed by atoms with E-state index >= 15 is 4.39 Å². The van der Waals surface area contributed by atoms with Crippen LogP contribution in [0.1, 0.15) is 10.4 Å². The second-order valence-corrected chi connectivity index (χ2v) is 11.3. The molecule has 4 N–H and O–H groups in total. The molecule has 234 valence electrons. The third kappa shape index (κ3) is 6.01. The third-order valence-corrected chi connectivity index (χ3v) is 7.69. The van der Waals surface area contributed by atoms with Crippen LogP contribution in [0.3, 0.4) is 0 Å². The Morgan fingerprint density at radius 1 is 0.894 bits per heavy atom. The summed E-state index contributed by atoms with van der Waals surface area (Å²) in [6.45, 7) is 1.42. The fraction of sp³-hybridized carbons (Fsp3) is 0.114. The zero-order valence-corrected chi connectivity index (χ0v) is 25.5. The lowest BCUT2D eigenvalue weighted by Gasteiger charge is -2.12. The van der Waals surface area contributed by atoms with Crippen LogP contribution in [0.25, 0.3) is 55.8 Å². The number of anilines is 2. The first-order valence-electron chi connectivity index (χ1n) is 14.9. The molecule has 7 rings (SSSR count). The molecular weight excluding hydrogens is 600 g/mol. The number of pyridine rings is 2. The molecule has 0 aliphatic rings. The quantitative estimate of drug-likeness (QED) is 0.139. The van der Waals surface area contributed by atoms with Gasteiger partial charge in [0.05, 0.1) is 34.0 Å². The number of aromatic nitrogens is 6. The van der Waals surface area contributed by atoms with Gasteiger partial charge in [0.15, 0.2) is 5.82 Å². The Morgan fingerprint density at radius 3 is 2.55 bits per heavy atom. The zero-order chi connectivity index (χ0) is 32.5. The summed E-state index contributed by atoms with van der Waals surface area (Å²) in [5.74, 6) is -0.918. The van der Waals surface area contributed by atoms with Crippen LogP contribution in [0.15, 0.2) is 91.4 Å². The lowest BCUT2D eigenvalue weighted by molar-refractivity contribution is 0.102. The predicted octanol–water partition coefficient (Wildman–Crippen LogP) is 6.73. The molecule has 10 nitrogen and oxygen atoms in total. The molecule has 0 fully saturated rings. The molecule has 0 aliphatic heterocycles. The summed E-state index contributed by atoms with van der Waals surface area (Å²) in [6, 6.07) is 20.3. The van der Waals surface area contributed by atoms with E-state index in [0.717, 1.165) is 6.54 Å². The Kier molecular flexibility index (Phi) is 7.84. The van der Waals surface area contributed by atoms with Crippen molar-refractivity contribution < 1.29 is 13.6 Å². The number of carbonyl (C=O) groups excluding carboxylic acids is 1. The highest BCUT2D eigenvalue weighted by Crippen LogP contribution is 2.36. The van der Waals surface area contributed by atoms with Gasteiger partial charge in [0, 0.05) is 53.4 Å². The van der Waals surface area contributed by atoms with E-state index < -0.39 is 11.6 Å². The van der Waals surface area contributed by atoms with Crippen molar-refractivity contribution in [1.82, 2.24) is 35.0 Å². The number of rotatable bonds is 9. The number of amides is 1. The Bertz CT molecular complexity index is 2250. The average molecular weight is 630 g/mol. The number of H-pyrrole nitrogens is 2. The lowest BCUT2D eigenvalue weighted by Crippen LogP contribution is -2.20. The van der Waals surface area contributed by atoms with E-state index in [2.05, 4.69) is 35.8 Å². The van der Waals surface area contributed by atoms with Crippen molar-refractivity contribution >= 4 is 39.2 Å². The molecule has 4 heterocycles. The molecule has 0 saturated carbocycles. The zero-order valence-electron chi connectivity index (χ0n) is 25.5. The van der Waals surface area contributed by atoms with Crippen molar-refractivity contribution in [2.24, 2.45) is 0 Å². The minimum atomic E-state index is -0.531. The van der Waals surface area contributed by atoms with Gasteiger partial charge in [-0.2, -0.15) is 5.10 Å². The number of aromatic amines is 2. The first-order valence-corrected chi connectivity index (χ1v) is 14.9. The maximum Gasteiger partial charge on any atom is 0.255 e. The van der Waals surface area contributed by atoms with Gasteiger partial charge in [-0.3, -0.25) is 19.9 Å². The molecule has 4 aromatic heterocycles. The van der Waals surface area contributed by atoms with Gasteiger partial charge < -0.3 is 20.5 Å². The van der Waals surface area contributed by atoms with E-state index in [9.17, 15) is 9.18 Å². The summed E-state index contributed by atoms with van der Waals surface area (Å²) in [4.78, 5) is 31.5. The van der Waals surface area contributed by atoms with Gasteiger partial charge in [0.25, 0.3) is 5.91 Å². The summed E-state index contributed by atoms with van der Waals surface area (Å²) in [5, 5.41) is 13.6. The van der Waals surface area contributed by atoms with Gasteiger partial charge in [0.2, 0.25) is 0 Å². The molecule has 3 aromatic carbocycles. The van der Waals surface area contributed by atoms with Crippen molar-refractivity contribution in [1.29, 1.82) is 0 Å². The summed E-state index contributed by atoms with van der Waals surface area (Å²) in [5.41, 5.74) is 5.18. The van der Waals surface area contributed by atoms with Crippen LogP contribution in [0.4, 0.5) is 20.2 Å². The highest BCUT2D eigenvalue weighted by atomic mass is 19.1. The Balaban J connectivity index is 1.24. The van der Waals surface area contributed by atoms with E-state index in [1.807, 2.05) is 31.1 Å².